The Morgan fingerprint density at radius 1 is 0.955 bits per heavy atom. The van der Waals surface area contributed by atoms with Crippen LogP contribution in [0.3, 0.4) is 0 Å². The number of hydrogen-bond donors (Lipinski definition) is 2. The fourth-order valence-electron chi connectivity index (χ4n) is 2.55. The quantitative estimate of drug-likeness (QED) is 0.712. The van der Waals surface area contributed by atoms with Crippen molar-refractivity contribution in [2.45, 2.75) is 20.8 Å². The van der Waals surface area contributed by atoms with Crippen molar-refractivity contribution >= 4 is 5.71 Å². The van der Waals surface area contributed by atoms with Gasteiger partial charge in [-0.15, -0.1) is 0 Å². The molecule has 0 bridgehead atoms. The molecule has 1 heterocycles. The molecule has 0 atom stereocenters. The lowest BCUT2D eigenvalue weighted by atomic mass is 9.97. The molecule has 0 fully saturated rings. The Bertz CT molecular complexity index is 829. The maximum absolute atomic E-state index is 7.75. The second-order valence-corrected chi connectivity index (χ2v) is 5.54. The standard InChI is InChI=1S/C18H18N4/c1-11-4-5-12(2)16(10-11)14-6-8-15(9-7-14)18-17(13(3)19)20-22-21-18/h4-10,19H,1-3H3,(H,20,21,22). The minimum atomic E-state index is 0.405. The molecule has 4 heteroatoms. The third kappa shape index (κ3) is 2.55. The lowest BCUT2D eigenvalue weighted by Gasteiger charge is -2.08. The Morgan fingerprint density at radius 3 is 2.32 bits per heavy atom. The molecule has 2 aromatic carbocycles. The molecule has 0 aliphatic rings. The molecule has 1 aromatic heterocycles. The van der Waals surface area contributed by atoms with Gasteiger partial charge in [-0.25, -0.2) is 0 Å². The minimum Gasteiger partial charge on any atom is -0.303 e. The van der Waals surface area contributed by atoms with Gasteiger partial charge in [0.25, 0.3) is 0 Å². The summed E-state index contributed by atoms with van der Waals surface area (Å²) < 4.78 is 0. The predicted molar refractivity (Wildman–Crippen MR) is 89.2 cm³/mol. The number of nitrogens with one attached hydrogen (secondary N) is 2. The van der Waals surface area contributed by atoms with E-state index in [1.54, 1.807) is 6.92 Å². The largest absolute Gasteiger partial charge is 0.303 e. The molecule has 0 radical (unpaired) electrons. The van der Waals surface area contributed by atoms with Crippen molar-refractivity contribution < 1.29 is 0 Å². The number of H-pyrrole nitrogens is 1. The Balaban J connectivity index is 2.01. The van der Waals surface area contributed by atoms with Gasteiger partial charge in [0, 0.05) is 5.56 Å². The summed E-state index contributed by atoms with van der Waals surface area (Å²) in [6.07, 6.45) is 0. The van der Waals surface area contributed by atoms with Crippen molar-refractivity contribution in [3.8, 4) is 22.4 Å². The Morgan fingerprint density at radius 2 is 1.64 bits per heavy atom. The number of aromatic nitrogens is 3. The highest BCUT2D eigenvalue weighted by Gasteiger charge is 2.12. The minimum absolute atomic E-state index is 0.405. The van der Waals surface area contributed by atoms with Crippen LogP contribution in [0.1, 0.15) is 23.7 Å². The highest BCUT2D eigenvalue weighted by atomic mass is 15.3. The van der Waals surface area contributed by atoms with Crippen LogP contribution in [0.5, 0.6) is 0 Å². The van der Waals surface area contributed by atoms with E-state index in [-0.39, 0.29) is 0 Å². The third-order valence-electron chi connectivity index (χ3n) is 3.77. The van der Waals surface area contributed by atoms with Gasteiger partial charge in [0.05, 0.1) is 5.71 Å². The first-order valence-electron chi connectivity index (χ1n) is 7.20. The van der Waals surface area contributed by atoms with Crippen LogP contribution < -0.4 is 0 Å². The summed E-state index contributed by atoms with van der Waals surface area (Å²) in [4.78, 5) is 0. The Kier molecular flexibility index (Phi) is 3.59. The van der Waals surface area contributed by atoms with Gasteiger partial charge in [-0.1, -0.05) is 48.0 Å². The van der Waals surface area contributed by atoms with E-state index in [1.165, 1.54) is 22.3 Å². The number of benzene rings is 2. The van der Waals surface area contributed by atoms with Crippen LogP contribution in [0.25, 0.3) is 22.4 Å². The van der Waals surface area contributed by atoms with Crippen LogP contribution in [0, 0.1) is 19.3 Å². The molecule has 4 nitrogen and oxygen atoms in total. The average Bonchev–Trinajstić information content (AvgIpc) is 3.00. The Hall–Kier alpha value is -2.75. The SMILES string of the molecule is CC(=N)c1n[nH]nc1-c1ccc(-c2cc(C)ccc2C)cc1. The number of rotatable bonds is 3. The summed E-state index contributed by atoms with van der Waals surface area (Å²) in [5, 5.41) is 18.6. The third-order valence-corrected chi connectivity index (χ3v) is 3.77. The first-order chi connectivity index (χ1) is 10.6. The highest BCUT2D eigenvalue weighted by Crippen LogP contribution is 2.27. The van der Waals surface area contributed by atoms with Crippen molar-refractivity contribution in [2.75, 3.05) is 0 Å². The van der Waals surface area contributed by atoms with E-state index in [0.29, 0.717) is 11.4 Å². The monoisotopic (exact) mass is 290 g/mol. The zero-order chi connectivity index (χ0) is 15.7. The predicted octanol–water partition coefficient (Wildman–Crippen LogP) is 4.14. The van der Waals surface area contributed by atoms with Crippen molar-refractivity contribution in [2.24, 2.45) is 0 Å². The zero-order valence-electron chi connectivity index (χ0n) is 12.9. The smallest absolute Gasteiger partial charge is 0.134 e. The van der Waals surface area contributed by atoms with E-state index in [2.05, 4.69) is 59.6 Å². The van der Waals surface area contributed by atoms with Crippen molar-refractivity contribution in [3.63, 3.8) is 0 Å². The maximum atomic E-state index is 7.75. The van der Waals surface area contributed by atoms with Gasteiger partial charge in [0.2, 0.25) is 0 Å². The molecule has 0 aliphatic carbocycles. The maximum Gasteiger partial charge on any atom is 0.134 e. The van der Waals surface area contributed by atoms with Gasteiger partial charge in [-0.3, -0.25) is 0 Å². The summed E-state index contributed by atoms with van der Waals surface area (Å²) in [7, 11) is 0. The first kappa shape index (κ1) is 14.2. The summed E-state index contributed by atoms with van der Waals surface area (Å²) >= 11 is 0. The van der Waals surface area contributed by atoms with E-state index in [1.807, 2.05) is 12.1 Å². The summed E-state index contributed by atoms with van der Waals surface area (Å²) in [5.41, 5.74) is 7.63. The normalized spacial score (nSPS) is 10.7. The molecule has 2 N–H and O–H groups in total. The lowest BCUT2D eigenvalue weighted by molar-refractivity contribution is 0.938. The number of nitrogens with zero attached hydrogens (tertiary/aromatic N) is 2. The average molecular weight is 290 g/mol. The highest BCUT2D eigenvalue weighted by molar-refractivity contribution is 5.99. The van der Waals surface area contributed by atoms with Crippen LogP contribution in [-0.4, -0.2) is 21.1 Å². The van der Waals surface area contributed by atoms with E-state index in [4.69, 9.17) is 5.41 Å². The molecule has 0 saturated carbocycles. The summed E-state index contributed by atoms with van der Waals surface area (Å²) in [6, 6.07) is 14.7. The number of aryl methyl sites for hydroxylation is 2. The molecule has 3 aromatic rings. The van der Waals surface area contributed by atoms with Crippen LogP contribution in [-0.2, 0) is 0 Å². The van der Waals surface area contributed by atoms with Crippen molar-refractivity contribution in [1.82, 2.24) is 15.4 Å². The van der Waals surface area contributed by atoms with E-state index >= 15 is 0 Å². The number of hydrogen-bond acceptors (Lipinski definition) is 3. The summed E-state index contributed by atoms with van der Waals surface area (Å²) in [5.74, 6) is 0. The Labute approximate surface area is 129 Å². The molecular formula is C18H18N4. The second kappa shape index (κ2) is 5.56. The molecule has 0 spiro atoms. The molecule has 0 amide bonds. The van der Waals surface area contributed by atoms with Gasteiger partial charge in [-0.05, 0) is 37.5 Å². The van der Waals surface area contributed by atoms with Gasteiger partial charge >= 0.3 is 0 Å². The van der Waals surface area contributed by atoms with Crippen LogP contribution in [0.2, 0.25) is 0 Å². The van der Waals surface area contributed by atoms with Gasteiger partial charge < -0.3 is 5.41 Å². The van der Waals surface area contributed by atoms with E-state index < -0.39 is 0 Å². The molecular weight excluding hydrogens is 272 g/mol. The zero-order valence-corrected chi connectivity index (χ0v) is 12.9. The van der Waals surface area contributed by atoms with Crippen LogP contribution in [0.4, 0.5) is 0 Å². The fraction of sp³-hybridized carbons (Fsp3) is 0.167. The fourth-order valence-corrected chi connectivity index (χ4v) is 2.55. The molecule has 0 saturated heterocycles. The molecule has 0 aliphatic heterocycles. The molecule has 0 unspecified atom stereocenters. The van der Waals surface area contributed by atoms with Gasteiger partial charge in [0.1, 0.15) is 11.4 Å². The summed E-state index contributed by atoms with van der Waals surface area (Å²) in [6.45, 7) is 5.94. The molecule has 3 rings (SSSR count). The van der Waals surface area contributed by atoms with Crippen molar-refractivity contribution in [1.29, 1.82) is 5.41 Å². The second-order valence-electron chi connectivity index (χ2n) is 5.54. The van der Waals surface area contributed by atoms with Crippen LogP contribution in [0.15, 0.2) is 42.5 Å². The van der Waals surface area contributed by atoms with Crippen molar-refractivity contribution in [3.05, 3.63) is 59.3 Å². The van der Waals surface area contributed by atoms with Crippen LogP contribution >= 0.6 is 0 Å². The van der Waals surface area contributed by atoms with E-state index in [9.17, 15) is 0 Å². The molecule has 22 heavy (non-hydrogen) atoms. The number of aromatic amines is 1. The van der Waals surface area contributed by atoms with Gasteiger partial charge in [0.15, 0.2) is 0 Å². The lowest BCUT2D eigenvalue weighted by Crippen LogP contribution is -1.95. The first-order valence-corrected chi connectivity index (χ1v) is 7.20. The topological polar surface area (TPSA) is 65.4 Å². The van der Waals surface area contributed by atoms with E-state index in [0.717, 1.165) is 11.3 Å². The molecule has 110 valence electrons. The van der Waals surface area contributed by atoms with Gasteiger partial charge in [-0.2, -0.15) is 15.4 Å².